The second-order valence-corrected chi connectivity index (χ2v) is 5.54. The summed E-state index contributed by atoms with van der Waals surface area (Å²) in [6.07, 6.45) is 3.05. The van der Waals surface area contributed by atoms with Gasteiger partial charge in [-0.15, -0.1) is 0 Å². The molecular formula is C18H16ClNO5. The molecule has 25 heavy (non-hydrogen) atoms. The average Bonchev–Trinajstić information content (AvgIpc) is 3.09. The van der Waals surface area contributed by atoms with Crippen molar-refractivity contribution >= 4 is 29.3 Å². The van der Waals surface area contributed by atoms with Gasteiger partial charge in [-0.05, 0) is 35.9 Å². The summed E-state index contributed by atoms with van der Waals surface area (Å²) < 4.78 is 20.9. The van der Waals surface area contributed by atoms with Crippen LogP contribution >= 0.6 is 11.6 Å². The number of hydrogen-bond acceptors (Lipinski definition) is 5. The van der Waals surface area contributed by atoms with Gasteiger partial charge in [-0.3, -0.25) is 4.79 Å². The number of carbonyl (C=O) groups is 1. The lowest BCUT2D eigenvalue weighted by molar-refractivity contribution is -0.111. The van der Waals surface area contributed by atoms with Gasteiger partial charge in [-0.1, -0.05) is 11.6 Å². The summed E-state index contributed by atoms with van der Waals surface area (Å²) in [6, 6.07) is 8.59. The molecule has 1 aliphatic rings. The second-order valence-electron chi connectivity index (χ2n) is 5.13. The molecule has 0 aliphatic carbocycles. The summed E-state index contributed by atoms with van der Waals surface area (Å²) in [5, 5.41) is 3.19. The van der Waals surface area contributed by atoms with Crippen LogP contribution in [0.4, 0.5) is 5.69 Å². The number of carbonyl (C=O) groups excluding carboxylic acids is 1. The molecule has 0 unspecified atom stereocenters. The van der Waals surface area contributed by atoms with Crippen molar-refractivity contribution < 1.29 is 23.7 Å². The molecule has 130 valence electrons. The molecule has 6 nitrogen and oxygen atoms in total. The molecule has 7 heteroatoms. The van der Waals surface area contributed by atoms with Gasteiger partial charge in [0.15, 0.2) is 23.0 Å². The summed E-state index contributed by atoms with van der Waals surface area (Å²) in [6.45, 7) is 0.141. The van der Waals surface area contributed by atoms with E-state index in [1.165, 1.54) is 13.2 Å². The quantitative estimate of drug-likeness (QED) is 0.822. The van der Waals surface area contributed by atoms with Crippen LogP contribution in [0, 0.1) is 0 Å². The van der Waals surface area contributed by atoms with Gasteiger partial charge in [0.05, 0.1) is 19.2 Å². The van der Waals surface area contributed by atoms with E-state index in [2.05, 4.69) is 5.32 Å². The number of hydrogen-bond donors (Lipinski definition) is 1. The van der Waals surface area contributed by atoms with E-state index in [4.69, 9.17) is 30.5 Å². The predicted octanol–water partition coefficient (Wildman–Crippen LogP) is 3.74. The summed E-state index contributed by atoms with van der Waals surface area (Å²) in [5.74, 6) is 1.92. The van der Waals surface area contributed by atoms with Crippen molar-refractivity contribution in [3.63, 3.8) is 0 Å². The zero-order chi connectivity index (χ0) is 17.8. The molecule has 1 N–H and O–H groups in total. The van der Waals surface area contributed by atoms with Crippen LogP contribution in [0.3, 0.4) is 0 Å². The summed E-state index contributed by atoms with van der Waals surface area (Å²) in [7, 11) is 3.09. The second kappa shape index (κ2) is 7.36. The Labute approximate surface area is 149 Å². The molecule has 2 aromatic carbocycles. The lowest BCUT2D eigenvalue weighted by atomic mass is 10.2. The molecular weight excluding hydrogens is 346 g/mol. The van der Waals surface area contributed by atoms with E-state index < -0.39 is 0 Å². The molecule has 0 radical (unpaired) electrons. The Balaban J connectivity index is 1.70. The highest BCUT2D eigenvalue weighted by atomic mass is 35.5. The fraction of sp³-hybridized carbons (Fsp3) is 0.167. The standard InChI is InChI=1S/C18H16ClNO5/c1-22-14-5-4-12(9-15(14)23-2)20-17(21)6-3-11-7-13(19)18-16(8-11)24-10-25-18/h3-9H,10H2,1-2H3,(H,20,21)/b6-3-. The molecule has 0 saturated heterocycles. The van der Waals surface area contributed by atoms with Crippen LogP contribution in [0.1, 0.15) is 5.56 Å². The van der Waals surface area contributed by atoms with E-state index in [9.17, 15) is 4.79 Å². The zero-order valence-electron chi connectivity index (χ0n) is 13.7. The van der Waals surface area contributed by atoms with E-state index in [1.54, 1.807) is 43.5 Å². The first-order chi connectivity index (χ1) is 12.1. The molecule has 1 aliphatic heterocycles. The Morgan fingerprint density at radius 2 is 1.96 bits per heavy atom. The van der Waals surface area contributed by atoms with E-state index in [-0.39, 0.29) is 12.7 Å². The Hall–Kier alpha value is -2.86. The fourth-order valence-electron chi connectivity index (χ4n) is 2.35. The van der Waals surface area contributed by atoms with Crippen LogP contribution in [-0.4, -0.2) is 26.9 Å². The summed E-state index contributed by atoms with van der Waals surface area (Å²) in [5.41, 5.74) is 1.33. The van der Waals surface area contributed by atoms with E-state index in [0.717, 1.165) is 5.56 Å². The maximum atomic E-state index is 12.1. The van der Waals surface area contributed by atoms with Gasteiger partial charge >= 0.3 is 0 Å². The molecule has 0 fully saturated rings. The minimum atomic E-state index is -0.291. The lowest BCUT2D eigenvalue weighted by Gasteiger charge is -2.09. The number of benzene rings is 2. The molecule has 1 amide bonds. The molecule has 0 atom stereocenters. The molecule has 3 rings (SSSR count). The van der Waals surface area contributed by atoms with Gasteiger partial charge in [0.1, 0.15) is 0 Å². The van der Waals surface area contributed by atoms with Crippen LogP contribution < -0.4 is 24.3 Å². The van der Waals surface area contributed by atoms with Crippen molar-refractivity contribution in [1.82, 2.24) is 0 Å². The Bertz CT molecular complexity index is 834. The third-order valence-electron chi connectivity index (χ3n) is 3.53. The van der Waals surface area contributed by atoms with Crippen LogP contribution in [0.25, 0.3) is 6.08 Å². The van der Waals surface area contributed by atoms with Gasteiger partial charge in [0.25, 0.3) is 0 Å². The third-order valence-corrected chi connectivity index (χ3v) is 3.81. The van der Waals surface area contributed by atoms with Crippen LogP contribution in [-0.2, 0) is 4.79 Å². The highest BCUT2D eigenvalue weighted by Crippen LogP contribution is 2.40. The number of halogens is 1. The molecule has 2 aromatic rings. The zero-order valence-corrected chi connectivity index (χ0v) is 14.4. The first-order valence-corrected chi connectivity index (χ1v) is 7.78. The molecule has 1 heterocycles. The monoisotopic (exact) mass is 361 g/mol. The highest BCUT2D eigenvalue weighted by molar-refractivity contribution is 6.32. The van der Waals surface area contributed by atoms with Crippen molar-refractivity contribution in [2.45, 2.75) is 0 Å². The number of fused-ring (bicyclic) bond motifs is 1. The van der Waals surface area contributed by atoms with Gasteiger partial charge in [0.2, 0.25) is 12.7 Å². The summed E-state index contributed by atoms with van der Waals surface area (Å²) in [4.78, 5) is 12.1. The van der Waals surface area contributed by atoms with Crippen LogP contribution in [0.5, 0.6) is 23.0 Å². The molecule has 0 saturated carbocycles. The Morgan fingerprint density at radius 3 is 2.72 bits per heavy atom. The maximum absolute atomic E-state index is 12.1. The first-order valence-electron chi connectivity index (χ1n) is 7.41. The SMILES string of the molecule is COc1ccc(NC(=O)/C=C\c2cc(Cl)c3c(c2)OCO3)cc1OC. The number of ether oxygens (including phenoxy) is 4. The van der Waals surface area contributed by atoms with E-state index in [0.29, 0.717) is 33.7 Å². The number of nitrogens with one attached hydrogen (secondary N) is 1. The molecule has 0 spiro atoms. The minimum absolute atomic E-state index is 0.141. The highest BCUT2D eigenvalue weighted by Gasteiger charge is 2.17. The maximum Gasteiger partial charge on any atom is 0.248 e. The van der Waals surface area contributed by atoms with Crippen molar-refractivity contribution in [2.24, 2.45) is 0 Å². The van der Waals surface area contributed by atoms with Gasteiger partial charge in [-0.25, -0.2) is 0 Å². The molecule has 0 bridgehead atoms. The van der Waals surface area contributed by atoms with Crippen LogP contribution in [0.2, 0.25) is 5.02 Å². The van der Waals surface area contributed by atoms with Crippen LogP contribution in [0.15, 0.2) is 36.4 Å². The largest absolute Gasteiger partial charge is 0.493 e. The number of rotatable bonds is 5. The predicted molar refractivity (Wildman–Crippen MR) is 94.8 cm³/mol. The summed E-state index contributed by atoms with van der Waals surface area (Å²) >= 11 is 6.12. The van der Waals surface area contributed by atoms with Crippen molar-refractivity contribution in [2.75, 3.05) is 26.3 Å². The molecule has 0 aromatic heterocycles. The topological polar surface area (TPSA) is 66.0 Å². The average molecular weight is 362 g/mol. The minimum Gasteiger partial charge on any atom is -0.493 e. The normalized spacial score (nSPS) is 12.3. The smallest absolute Gasteiger partial charge is 0.248 e. The Morgan fingerprint density at radius 1 is 1.16 bits per heavy atom. The van der Waals surface area contributed by atoms with E-state index >= 15 is 0 Å². The van der Waals surface area contributed by atoms with Gasteiger partial charge < -0.3 is 24.3 Å². The van der Waals surface area contributed by atoms with Gasteiger partial charge in [-0.2, -0.15) is 0 Å². The van der Waals surface area contributed by atoms with Crippen molar-refractivity contribution in [1.29, 1.82) is 0 Å². The number of amides is 1. The number of anilines is 1. The fourth-order valence-corrected chi connectivity index (χ4v) is 2.63. The lowest BCUT2D eigenvalue weighted by Crippen LogP contribution is -2.07. The Kier molecular flexibility index (Phi) is 5.00. The van der Waals surface area contributed by atoms with E-state index in [1.807, 2.05) is 0 Å². The van der Waals surface area contributed by atoms with Crippen molar-refractivity contribution in [3.8, 4) is 23.0 Å². The third kappa shape index (κ3) is 3.80. The first kappa shape index (κ1) is 17.0. The number of methoxy groups -OCH3 is 2. The van der Waals surface area contributed by atoms with Gasteiger partial charge in [0, 0.05) is 17.8 Å². The van der Waals surface area contributed by atoms with Crippen molar-refractivity contribution in [3.05, 3.63) is 47.0 Å².